The highest BCUT2D eigenvalue weighted by Gasteiger charge is 2.36. The van der Waals surface area contributed by atoms with Crippen molar-refractivity contribution in [3.05, 3.63) is 0 Å². The summed E-state index contributed by atoms with van der Waals surface area (Å²) in [5.41, 5.74) is 0.402. The summed E-state index contributed by atoms with van der Waals surface area (Å²) in [6, 6.07) is 0. The summed E-state index contributed by atoms with van der Waals surface area (Å²) >= 11 is 0. The third-order valence-corrected chi connectivity index (χ3v) is 3.49. The number of hydrogen-bond donors (Lipinski definition) is 1. The zero-order valence-corrected chi connectivity index (χ0v) is 9.22. The van der Waals surface area contributed by atoms with Gasteiger partial charge >= 0.3 is 0 Å². The van der Waals surface area contributed by atoms with E-state index in [4.69, 9.17) is 4.74 Å². The number of likely N-dealkylation sites (tertiary alicyclic amines) is 1. The molecule has 2 aliphatic rings. The summed E-state index contributed by atoms with van der Waals surface area (Å²) in [5, 5.41) is 3.32. The van der Waals surface area contributed by atoms with E-state index in [-0.39, 0.29) is 0 Å². The molecule has 2 heterocycles. The smallest absolute Gasteiger partial charge is 0.0547 e. The van der Waals surface area contributed by atoms with Gasteiger partial charge in [-0.3, -0.25) is 0 Å². The molecule has 1 atom stereocenters. The molecule has 1 N–H and O–H groups in total. The highest BCUT2D eigenvalue weighted by Crippen LogP contribution is 2.30. The molecular weight excluding hydrogens is 176 g/mol. The molecule has 2 rings (SSSR count). The van der Waals surface area contributed by atoms with Gasteiger partial charge in [0.05, 0.1) is 6.61 Å². The Morgan fingerprint density at radius 1 is 1.36 bits per heavy atom. The zero-order chi connectivity index (χ0) is 9.86. The molecule has 0 spiro atoms. The molecule has 82 valence electrons. The van der Waals surface area contributed by atoms with E-state index in [1.54, 1.807) is 0 Å². The summed E-state index contributed by atoms with van der Waals surface area (Å²) in [6.45, 7) is 6.83. The van der Waals surface area contributed by atoms with Crippen molar-refractivity contribution in [2.45, 2.75) is 19.3 Å². The fraction of sp³-hybridized carbons (Fsp3) is 1.00. The van der Waals surface area contributed by atoms with Crippen molar-refractivity contribution in [2.24, 2.45) is 5.41 Å². The lowest BCUT2D eigenvalue weighted by Crippen LogP contribution is -2.43. The van der Waals surface area contributed by atoms with Crippen LogP contribution >= 0.6 is 0 Å². The average molecular weight is 198 g/mol. The average Bonchev–Trinajstić information content (AvgIpc) is 2.78. The van der Waals surface area contributed by atoms with Gasteiger partial charge in [0.15, 0.2) is 0 Å². The molecule has 0 amide bonds. The summed E-state index contributed by atoms with van der Waals surface area (Å²) in [5.74, 6) is 0. The molecule has 0 aliphatic carbocycles. The van der Waals surface area contributed by atoms with Crippen molar-refractivity contribution in [2.75, 3.05) is 46.4 Å². The molecule has 2 saturated heterocycles. The molecule has 1 unspecified atom stereocenters. The standard InChI is InChI=1S/C11H22N2O/c1-12-8-11(4-7-14-10-11)9-13-5-2-3-6-13/h12H,2-10H2,1H3. The largest absolute Gasteiger partial charge is 0.381 e. The lowest BCUT2D eigenvalue weighted by Gasteiger charge is -2.31. The van der Waals surface area contributed by atoms with E-state index in [0.717, 1.165) is 19.8 Å². The maximum Gasteiger partial charge on any atom is 0.0547 e. The van der Waals surface area contributed by atoms with E-state index >= 15 is 0 Å². The van der Waals surface area contributed by atoms with E-state index in [2.05, 4.69) is 10.2 Å². The van der Waals surface area contributed by atoms with Gasteiger partial charge in [-0.05, 0) is 39.4 Å². The first-order chi connectivity index (χ1) is 6.85. The lowest BCUT2D eigenvalue weighted by molar-refractivity contribution is 0.120. The van der Waals surface area contributed by atoms with Gasteiger partial charge in [0.2, 0.25) is 0 Å². The molecule has 2 aliphatic heterocycles. The van der Waals surface area contributed by atoms with Crippen LogP contribution in [0, 0.1) is 5.41 Å². The Morgan fingerprint density at radius 3 is 2.71 bits per heavy atom. The summed E-state index contributed by atoms with van der Waals surface area (Å²) < 4.78 is 5.56. The molecule has 14 heavy (non-hydrogen) atoms. The van der Waals surface area contributed by atoms with E-state index in [1.807, 2.05) is 7.05 Å². The van der Waals surface area contributed by atoms with Crippen LogP contribution in [0.4, 0.5) is 0 Å². The third kappa shape index (κ3) is 2.27. The van der Waals surface area contributed by atoms with E-state index in [0.29, 0.717) is 5.41 Å². The first kappa shape index (κ1) is 10.4. The lowest BCUT2D eigenvalue weighted by atomic mass is 9.86. The predicted molar refractivity (Wildman–Crippen MR) is 57.5 cm³/mol. The van der Waals surface area contributed by atoms with Crippen molar-refractivity contribution in [3.63, 3.8) is 0 Å². The second-order valence-electron chi connectivity index (χ2n) is 4.82. The van der Waals surface area contributed by atoms with Crippen LogP contribution in [0.25, 0.3) is 0 Å². The van der Waals surface area contributed by atoms with Crippen LogP contribution in [-0.4, -0.2) is 51.3 Å². The Hall–Kier alpha value is -0.120. The Morgan fingerprint density at radius 2 is 2.14 bits per heavy atom. The second-order valence-corrected chi connectivity index (χ2v) is 4.82. The van der Waals surface area contributed by atoms with Crippen LogP contribution in [0.2, 0.25) is 0 Å². The number of rotatable bonds is 4. The Balaban J connectivity index is 1.89. The van der Waals surface area contributed by atoms with Gasteiger partial charge in [0.1, 0.15) is 0 Å². The first-order valence-corrected chi connectivity index (χ1v) is 5.79. The topological polar surface area (TPSA) is 24.5 Å². The van der Waals surface area contributed by atoms with Crippen molar-refractivity contribution in [1.29, 1.82) is 0 Å². The molecule has 0 bridgehead atoms. The van der Waals surface area contributed by atoms with E-state index in [9.17, 15) is 0 Å². The van der Waals surface area contributed by atoms with Crippen LogP contribution in [0.3, 0.4) is 0 Å². The second kappa shape index (κ2) is 4.60. The number of hydrogen-bond acceptors (Lipinski definition) is 3. The van der Waals surface area contributed by atoms with E-state index in [1.165, 1.54) is 38.9 Å². The van der Waals surface area contributed by atoms with Crippen LogP contribution in [0.1, 0.15) is 19.3 Å². The Labute approximate surface area is 86.8 Å². The summed E-state index contributed by atoms with van der Waals surface area (Å²) in [7, 11) is 2.05. The van der Waals surface area contributed by atoms with Crippen LogP contribution in [-0.2, 0) is 4.74 Å². The van der Waals surface area contributed by atoms with Crippen LogP contribution in [0.5, 0.6) is 0 Å². The van der Waals surface area contributed by atoms with Gasteiger partial charge < -0.3 is 15.0 Å². The van der Waals surface area contributed by atoms with Gasteiger partial charge in [0, 0.05) is 25.1 Å². The molecule has 0 saturated carbocycles. The minimum absolute atomic E-state index is 0.402. The molecule has 2 fully saturated rings. The molecule has 0 aromatic rings. The molecule has 0 radical (unpaired) electrons. The normalized spacial score (nSPS) is 34.1. The SMILES string of the molecule is CNCC1(CN2CCCC2)CCOC1. The quantitative estimate of drug-likeness (QED) is 0.720. The highest BCUT2D eigenvalue weighted by atomic mass is 16.5. The van der Waals surface area contributed by atoms with Crippen LogP contribution < -0.4 is 5.32 Å². The summed E-state index contributed by atoms with van der Waals surface area (Å²) in [4.78, 5) is 2.60. The van der Waals surface area contributed by atoms with Gasteiger partial charge in [-0.2, -0.15) is 0 Å². The monoisotopic (exact) mass is 198 g/mol. The van der Waals surface area contributed by atoms with Crippen molar-refractivity contribution in [3.8, 4) is 0 Å². The zero-order valence-electron chi connectivity index (χ0n) is 9.22. The van der Waals surface area contributed by atoms with Gasteiger partial charge in [-0.25, -0.2) is 0 Å². The Bertz CT molecular complexity index is 172. The van der Waals surface area contributed by atoms with Crippen molar-refractivity contribution < 1.29 is 4.74 Å². The highest BCUT2D eigenvalue weighted by molar-refractivity contribution is 4.89. The van der Waals surface area contributed by atoms with Gasteiger partial charge in [0.25, 0.3) is 0 Å². The fourth-order valence-corrected chi connectivity index (χ4v) is 2.76. The Kier molecular flexibility index (Phi) is 3.42. The molecular formula is C11H22N2O. The molecule has 0 aromatic carbocycles. The van der Waals surface area contributed by atoms with Crippen molar-refractivity contribution >= 4 is 0 Å². The third-order valence-electron chi connectivity index (χ3n) is 3.49. The number of nitrogens with zero attached hydrogens (tertiary/aromatic N) is 1. The minimum Gasteiger partial charge on any atom is -0.381 e. The van der Waals surface area contributed by atoms with E-state index < -0.39 is 0 Å². The number of ether oxygens (including phenoxy) is 1. The predicted octanol–water partition coefficient (Wildman–Crippen LogP) is 0.708. The molecule has 3 nitrogen and oxygen atoms in total. The first-order valence-electron chi connectivity index (χ1n) is 5.79. The van der Waals surface area contributed by atoms with Crippen LogP contribution in [0.15, 0.2) is 0 Å². The van der Waals surface area contributed by atoms with Crippen molar-refractivity contribution in [1.82, 2.24) is 10.2 Å². The maximum absolute atomic E-state index is 5.56. The number of nitrogens with one attached hydrogen (secondary N) is 1. The summed E-state index contributed by atoms with van der Waals surface area (Å²) in [6.07, 6.45) is 4.00. The molecule has 3 heteroatoms. The molecule has 0 aromatic heterocycles. The van der Waals surface area contributed by atoms with Gasteiger partial charge in [-0.15, -0.1) is 0 Å². The van der Waals surface area contributed by atoms with Gasteiger partial charge in [-0.1, -0.05) is 0 Å². The fourth-order valence-electron chi connectivity index (χ4n) is 2.76. The maximum atomic E-state index is 5.56. The minimum atomic E-state index is 0.402.